The first-order valence-corrected chi connectivity index (χ1v) is 5.29. The molecule has 0 saturated heterocycles. The standard InChI is InChI=1S/C12H10ClNO3/c1-7(15)12(13)9-4-2-3-8(6-14)10(9)5-11(16)17/h2-4,12H,5H2,1H3,(H,16,17). The molecule has 0 aliphatic carbocycles. The van der Waals surface area contributed by atoms with Crippen LogP contribution >= 0.6 is 11.6 Å². The van der Waals surface area contributed by atoms with Crippen LogP contribution < -0.4 is 0 Å². The van der Waals surface area contributed by atoms with Crippen LogP contribution in [0.5, 0.6) is 0 Å². The normalized spacial score (nSPS) is 11.6. The van der Waals surface area contributed by atoms with Crippen molar-refractivity contribution in [1.29, 1.82) is 5.26 Å². The molecule has 0 heterocycles. The molecule has 0 saturated carbocycles. The highest BCUT2D eigenvalue weighted by Crippen LogP contribution is 2.27. The molecular weight excluding hydrogens is 242 g/mol. The van der Waals surface area contributed by atoms with Crippen LogP contribution in [0.25, 0.3) is 0 Å². The van der Waals surface area contributed by atoms with Crippen LogP contribution in [-0.2, 0) is 16.0 Å². The SMILES string of the molecule is CC(=O)C(Cl)c1cccc(C#N)c1CC(=O)O. The highest BCUT2D eigenvalue weighted by atomic mass is 35.5. The van der Waals surface area contributed by atoms with Gasteiger partial charge in [-0.05, 0) is 24.1 Å². The van der Waals surface area contributed by atoms with Crippen LogP contribution in [0.15, 0.2) is 18.2 Å². The van der Waals surface area contributed by atoms with Gasteiger partial charge in [-0.1, -0.05) is 12.1 Å². The van der Waals surface area contributed by atoms with E-state index in [9.17, 15) is 9.59 Å². The van der Waals surface area contributed by atoms with Gasteiger partial charge in [-0.3, -0.25) is 9.59 Å². The van der Waals surface area contributed by atoms with Crippen molar-refractivity contribution in [2.75, 3.05) is 0 Å². The second-order valence-electron chi connectivity index (χ2n) is 3.53. The van der Waals surface area contributed by atoms with Crippen molar-refractivity contribution < 1.29 is 14.7 Å². The van der Waals surface area contributed by atoms with Gasteiger partial charge in [0.2, 0.25) is 0 Å². The highest BCUT2D eigenvalue weighted by Gasteiger charge is 2.20. The van der Waals surface area contributed by atoms with Gasteiger partial charge >= 0.3 is 5.97 Å². The van der Waals surface area contributed by atoms with Crippen LogP contribution in [0.2, 0.25) is 0 Å². The lowest BCUT2D eigenvalue weighted by molar-refractivity contribution is -0.136. The smallest absolute Gasteiger partial charge is 0.307 e. The number of alkyl halides is 1. The van der Waals surface area contributed by atoms with Crippen LogP contribution in [0.1, 0.15) is 29.0 Å². The van der Waals surface area contributed by atoms with Gasteiger partial charge in [0.25, 0.3) is 0 Å². The maximum absolute atomic E-state index is 11.2. The Morgan fingerprint density at radius 3 is 2.65 bits per heavy atom. The third-order valence-corrected chi connectivity index (χ3v) is 2.83. The lowest BCUT2D eigenvalue weighted by atomic mass is 9.95. The minimum atomic E-state index is -1.07. The fraction of sp³-hybridized carbons (Fsp3) is 0.250. The molecule has 0 bridgehead atoms. The van der Waals surface area contributed by atoms with Gasteiger partial charge in [-0.2, -0.15) is 5.26 Å². The minimum absolute atomic E-state index is 0.233. The second kappa shape index (κ2) is 5.46. The summed E-state index contributed by atoms with van der Waals surface area (Å²) in [6.07, 6.45) is -0.324. The molecular formula is C12H10ClNO3. The summed E-state index contributed by atoms with van der Waals surface area (Å²) in [6.45, 7) is 1.32. The first kappa shape index (κ1) is 13.2. The average Bonchev–Trinajstić information content (AvgIpc) is 2.27. The summed E-state index contributed by atoms with van der Waals surface area (Å²) in [4.78, 5) is 22.0. The molecule has 1 aromatic rings. The molecule has 0 radical (unpaired) electrons. The van der Waals surface area contributed by atoms with E-state index in [2.05, 4.69) is 0 Å². The first-order chi connectivity index (χ1) is 7.97. The molecule has 1 atom stereocenters. The molecule has 0 aliphatic heterocycles. The minimum Gasteiger partial charge on any atom is -0.481 e. The molecule has 5 heteroatoms. The topological polar surface area (TPSA) is 78.2 Å². The van der Waals surface area contributed by atoms with Gasteiger partial charge in [0, 0.05) is 0 Å². The number of rotatable bonds is 4. The van der Waals surface area contributed by atoms with E-state index in [1.165, 1.54) is 13.0 Å². The summed E-state index contributed by atoms with van der Waals surface area (Å²) in [5.41, 5.74) is 0.926. The van der Waals surface area contributed by atoms with Crippen molar-refractivity contribution in [3.05, 3.63) is 34.9 Å². The maximum Gasteiger partial charge on any atom is 0.307 e. The Morgan fingerprint density at radius 1 is 1.53 bits per heavy atom. The number of ketones is 1. The second-order valence-corrected chi connectivity index (χ2v) is 3.97. The fourth-order valence-electron chi connectivity index (χ4n) is 1.51. The lowest BCUT2D eigenvalue weighted by Crippen LogP contribution is -2.10. The summed E-state index contributed by atoms with van der Waals surface area (Å²) < 4.78 is 0. The van der Waals surface area contributed by atoms with Crippen molar-refractivity contribution in [3.8, 4) is 6.07 Å². The monoisotopic (exact) mass is 251 g/mol. The molecule has 1 aromatic carbocycles. The van der Waals surface area contributed by atoms with Crippen molar-refractivity contribution in [3.63, 3.8) is 0 Å². The molecule has 1 N–H and O–H groups in total. The average molecular weight is 252 g/mol. The number of carboxylic acids is 1. The number of hydrogen-bond donors (Lipinski definition) is 1. The van der Waals surface area contributed by atoms with Crippen LogP contribution in [0, 0.1) is 11.3 Å². The van der Waals surface area contributed by atoms with Crippen molar-refractivity contribution in [1.82, 2.24) is 0 Å². The van der Waals surface area contributed by atoms with E-state index in [1.807, 2.05) is 6.07 Å². The Bertz CT molecular complexity index is 505. The van der Waals surface area contributed by atoms with E-state index < -0.39 is 11.3 Å². The van der Waals surface area contributed by atoms with Gasteiger partial charge in [0.1, 0.15) is 5.38 Å². The summed E-state index contributed by atoms with van der Waals surface area (Å²) >= 11 is 5.91. The molecule has 1 rings (SSSR count). The van der Waals surface area contributed by atoms with Gasteiger partial charge < -0.3 is 5.11 Å². The number of hydrogen-bond acceptors (Lipinski definition) is 3. The number of carbonyl (C=O) groups is 2. The van der Waals surface area contributed by atoms with Gasteiger partial charge in [-0.15, -0.1) is 11.6 Å². The number of nitrogens with zero attached hydrogens (tertiary/aromatic N) is 1. The third-order valence-electron chi connectivity index (χ3n) is 2.29. The zero-order valence-corrected chi connectivity index (χ0v) is 9.86. The predicted octanol–water partition coefficient (Wildman–Crippen LogP) is 2.05. The third kappa shape index (κ3) is 3.05. The number of benzene rings is 1. The van der Waals surface area contributed by atoms with E-state index in [-0.39, 0.29) is 17.8 Å². The number of Topliss-reactive ketones (excluding diaryl/α,β-unsaturated/α-hetero) is 1. The Morgan fingerprint density at radius 2 is 2.18 bits per heavy atom. The summed E-state index contributed by atoms with van der Waals surface area (Å²) in [5.74, 6) is -1.35. The number of carboxylic acid groups (broad SMARTS) is 1. The van der Waals surface area contributed by atoms with E-state index in [4.69, 9.17) is 22.0 Å². The highest BCUT2D eigenvalue weighted by molar-refractivity contribution is 6.31. The largest absolute Gasteiger partial charge is 0.481 e. The van der Waals surface area contributed by atoms with E-state index in [0.717, 1.165) is 0 Å². The van der Waals surface area contributed by atoms with E-state index in [1.54, 1.807) is 12.1 Å². The van der Waals surface area contributed by atoms with Crippen LogP contribution in [0.3, 0.4) is 0 Å². The van der Waals surface area contributed by atoms with Crippen LogP contribution in [-0.4, -0.2) is 16.9 Å². The Balaban J connectivity index is 3.34. The van der Waals surface area contributed by atoms with Crippen molar-refractivity contribution in [2.24, 2.45) is 0 Å². The van der Waals surface area contributed by atoms with Gasteiger partial charge in [0.05, 0.1) is 18.1 Å². The molecule has 0 aromatic heterocycles. The fourth-order valence-corrected chi connectivity index (χ4v) is 1.72. The zero-order chi connectivity index (χ0) is 13.0. The molecule has 0 aliphatic rings. The zero-order valence-electron chi connectivity index (χ0n) is 9.11. The summed E-state index contributed by atoms with van der Waals surface area (Å²) in [7, 11) is 0. The lowest BCUT2D eigenvalue weighted by Gasteiger charge is -2.12. The van der Waals surface area contributed by atoms with E-state index in [0.29, 0.717) is 11.1 Å². The quantitative estimate of drug-likeness (QED) is 0.831. The van der Waals surface area contributed by atoms with Gasteiger partial charge in [-0.25, -0.2) is 0 Å². The Hall–Kier alpha value is -1.86. The molecule has 0 fully saturated rings. The van der Waals surface area contributed by atoms with Crippen LogP contribution in [0.4, 0.5) is 0 Å². The number of aliphatic carboxylic acids is 1. The summed E-state index contributed by atoms with van der Waals surface area (Å²) in [6, 6.07) is 6.56. The number of nitriles is 1. The Kier molecular flexibility index (Phi) is 4.24. The predicted molar refractivity (Wildman–Crippen MR) is 61.8 cm³/mol. The number of carbonyl (C=O) groups excluding carboxylic acids is 1. The molecule has 0 spiro atoms. The molecule has 88 valence electrons. The maximum atomic E-state index is 11.2. The summed E-state index contributed by atoms with van der Waals surface area (Å²) in [5, 5.41) is 16.8. The molecule has 1 unspecified atom stereocenters. The van der Waals surface area contributed by atoms with Gasteiger partial charge in [0.15, 0.2) is 5.78 Å². The number of halogens is 1. The molecule has 4 nitrogen and oxygen atoms in total. The van der Waals surface area contributed by atoms with Crippen molar-refractivity contribution in [2.45, 2.75) is 18.7 Å². The molecule has 0 amide bonds. The van der Waals surface area contributed by atoms with Crippen molar-refractivity contribution >= 4 is 23.4 Å². The molecule has 17 heavy (non-hydrogen) atoms. The van der Waals surface area contributed by atoms with E-state index >= 15 is 0 Å². The Labute approximate surface area is 103 Å². The first-order valence-electron chi connectivity index (χ1n) is 4.85.